The van der Waals surface area contributed by atoms with Gasteiger partial charge in [-0.15, -0.1) is 0 Å². The van der Waals surface area contributed by atoms with Gasteiger partial charge in [-0.1, -0.05) is 15.9 Å². The van der Waals surface area contributed by atoms with Crippen LogP contribution in [-0.4, -0.2) is 56.1 Å². The minimum absolute atomic E-state index is 0.00963. The maximum Gasteiger partial charge on any atom is 0.160 e. The topological polar surface area (TPSA) is 70.1 Å². The second-order valence-electron chi connectivity index (χ2n) is 6.59. The monoisotopic (exact) mass is 429 g/mol. The maximum absolute atomic E-state index is 13.1. The fourth-order valence-corrected chi connectivity index (χ4v) is 3.67. The highest BCUT2D eigenvalue weighted by atomic mass is 79.9. The van der Waals surface area contributed by atoms with Crippen LogP contribution < -0.4 is 16.1 Å². The summed E-state index contributed by atoms with van der Waals surface area (Å²) in [5.74, 6) is 0. The van der Waals surface area contributed by atoms with Crippen molar-refractivity contribution in [1.29, 1.82) is 0 Å². The third-order valence-electron chi connectivity index (χ3n) is 4.56. The highest BCUT2D eigenvalue weighted by Gasteiger charge is 2.42. The van der Waals surface area contributed by atoms with Gasteiger partial charge < -0.3 is 15.4 Å². The second kappa shape index (κ2) is 8.18. The Kier molecular flexibility index (Phi) is 6.13. The number of likely N-dealkylation sites (N-methyl/N-ethyl adjacent to an activating group) is 1. The molecule has 0 spiro atoms. The number of alkyl halides is 1. The first-order valence-electron chi connectivity index (χ1n) is 8.57. The van der Waals surface area contributed by atoms with Crippen LogP contribution in [0.15, 0.2) is 38.6 Å². The van der Waals surface area contributed by atoms with Crippen LogP contribution in [0.5, 0.6) is 0 Å². The molecule has 3 heterocycles. The van der Waals surface area contributed by atoms with Gasteiger partial charge in [-0.05, 0) is 31.6 Å². The summed E-state index contributed by atoms with van der Waals surface area (Å²) in [7, 11) is 3.67. The largest absolute Gasteiger partial charge is 0.370 e. The van der Waals surface area contributed by atoms with Crippen molar-refractivity contribution in [3.05, 3.63) is 33.6 Å². The molecule has 1 saturated heterocycles. The molecular formula is C17H25BrFN5O2. The van der Waals surface area contributed by atoms with E-state index in [2.05, 4.69) is 37.0 Å². The fraction of sp³-hybridized carbons (Fsp3) is 0.588. The summed E-state index contributed by atoms with van der Waals surface area (Å²) in [5, 5.41) is 8.52. The van der Waals surface area contributed by atoms with E-state index < -0.39 is 6.17 Å². The third-order valence-corrected chi connectivity index (χ3v) is 5.24. The molecule has 0 aromatic heterocycles. The zero-order valence-corrected chi connectivity index (χ0v) is 16.9. The molecule has 0 aromatic carbocycles. The molecule has 26 heavy (non-hydrogen) atoms. The highest BCUT2D eigenvalue weighted by Crippen LogP contribution is 2.28. The summed E-state index contributed by atoms with van der Waals surface area (Å²) >= 11 is 3.47. The molecule has 144 valence electrons. The molecule has 3 N–H and O–H groups in total. The number of aliphatic imine (C=N–C) groups is 1. The molecule has 4 unspecified atom stereocenters. The summed E-state index contributed by atoms with van der Waals surface area (Å²) in [6.07, 6.45) is 3.15. The van der Waals surface area contributed by atoms with Gasteiger partial charge in [0.05, 0.1) is 12.3 Å². The Hall–Kier alpha value is -1.26. The van der Waals surface area contributed by atoms with E-state index in [0.717, 1.165) is 27.2 Å². The lowest BCUT2D eigenvalue weighted by Crippen LogP contribution is -2.54. The van der Waals surface area contributed by atoms with E-state index in [1.54, 1.807) is 12.1 Å². The smallest absolute Gasteiger partial charge is 0.160 e. The molecule has 0 aromatic rings. The van der Waals surface area contributed by atoms with Gasteiger partial charge in [-0.2, -0.15) is 10.5 Å². The zero-order chi connectivity index (χ0) is 18.8. The van der Waals surface area contributed by atoms with Gasteiger partial charge in [0.25, 0.3) is 0 Å². The number of ether oxygens (including phenoxy) is 1. The maximum atomic E-state index is 13.1. The van der Waals surface area contributed by atoms with Crippen LogP contribution in [0.25, 0.3) is 0 Å². The van der Waals surface area contributed by atoms with Crippen LogP contribution in [0.1, 0.15) is 20.3 Å². The molecule has 4 atom stereocenters. The van der Waals surface area contributed by atoms with E-state index in [1.165, 1.54) is 6.92 Å². The van der Waals surface area contributed by atoms with E-state index in [-0.39, 0.29) is 25.0 Å². The first-order chi connectivity index (χ1) is 12.4. The van der Waals surface area contributed by atoms with Crippen LogP contribution >= 0.6 is 15.9 Å². The molecule has 9 heteroatoms. The van der Waals surface area contributed by atoms with E-state index in [4.69, 9.17) is 9.68 Å². The second-order valence-corrected chi connectivity index (χ2v) is 7.51. The fourth-order valence-electron chi connectivity index (χ4n) is 3.29. The van der Waals surface area contributed by atoms with Crippen LogP contribution in [-0.2, 0) is 9.68 Å². The third kappa shape index (κ3) is 4.01. The van der Waals surface area contributed by atoms with Crippen molar-refractivity contribution in [1.82, 2.24) is 21.2 Å². The normalized spacial score (nSPS) is 31.9. The number of dihydropyridines is 1. The molecule has 3 rings (SSSR count). The van der Waals surface area contributed by atoms with Crippen molar-refractivity contribution >= 4 is 21.6 Å². The number of nitrogens with one attached hydrogen (secondary N) is 3. The molecule has 0 aliphatic carbocycles. The molecule has 0 radical (unpaired) electrons. The van der Waals surface area contributed by atoms with Gasteiger partial charge in [-0.25, -0.2) is 9.33 Å². The van der Waals surface area contributed by atoms with Crippen LogP contribution in [0.2, 0.25) is 0 Å². The van der Waals surface area contributed by atoms with E-state index in [1.807, 2.05) is 26.1 Å². The molecule has 1 fully saturated rings. The predicted molar refractivity (Wildman–Crippen MR) is 102 cm³/mol. The Morgan fingerprint density at radius 2 is 2.19 bits per heavy atom. The number of fused-ring (bicyclic) bond motifs is 1. The van der Waals surface area contributed by atoms with E-state index in [9.17, 15) is 4.39 Å². The Bertz CT molecular complexity index is 676. The van der Waals surface area contributed by atoms with Gasteiger partial charge in [0.1, 0.15) is 18.4 Å². The first-order valence-corrected chi connectivity index (χ1v) is 9.37. The van der Waals surface area contributed by atoms with E-state index >= 15 is 0 Å². The van der Waals surface area contributed by atoms with Crippen molar-refractivity contribution in [2.45, 2.75) is 44.9 Å². The van der Waals surface area contributed by atoms with Gasteiger partial charge in [0.15, 0.2) is 6.23 Å². The van der Waals surface area contributed by atoms with E-state index in [0.29, 0.717) is 6.42 Å². The number of allylic oxidation sites excluding steroid dienone is 4. The van der Waals surface area contributed by atoms with Gasteiger partial charge in [-0.3, -0.25) is 4.99 Å². The minimum atomic E-state index is -1.01. The van der Waals surface area contributed by atoms with Crippen molar-refractivity contribution in [3.8, 4) is 0 Å². The molecule has 3 aliphatic rings. The number of nitrogens with zero attached hydrogens (tertiary/aromatic N) is 2. The number of rotatable bonds is 5. The highest BCUT2D eigenvalue weighted by molar-refractivity contribution is 9.11. The van der Waals surface area contributed by atoms with Gasteiger partial charge in [0.2, 0.25) is 0 Å². The van der Waals surface area contributed by atoms with Crippen molar-refractivity contribution in [3.63, 3.8) is 0 Å². The number of hydrogen-bond acceptors (Lipinski definition) is 7. The molecule has 0 bridgehead atoms. The van der Waals surface area contributed by atoms with Crippen LogP contribution in [0.3, 0.4) is 0 Å². The Labute approximate surface area is 161 Å². The number of hydrogen-bond donors (Lipinski definition) is 3. The first kappa shape index (κ1) is 19.5. The molecular weight excluding hydrogens is 405 g/mol. The van der Waals surface area contributed by atoms with Crippen molar-refractivity contribution in [2.24, 2.45) is 4.99 Å². The standard InChI is InChI=1S/C17H25BrFN5O2/c1-9(19)8-25-17-13(18)6-5-11(22-17)7-12-10(2)21-16-15(14(12)20-3)24(4)26-23-16/h5-6,9,15-17,21-23H,7-8H2,1-4H3. The Morgan fingerprint density at radius 3 is 2.88 bits per heavy atom. The molecule has 0 amide bonds. The number of halogens is 2. The van der Waals surface area contributed by atoms with Gasteiger partial charge in [0, 0.05) is 36.4 Å². The van der Waals surface area contributed by atoms with Crippen LogP contribution in [0.4, 0.5) is 4.39 Å². The molecule has 0 saturated carbocycles. The van der Waals surface area contributed by atoms with Crippen LogP contribution in [0, 0.1) is 0 Å². The molecule has 3 aliphatic heterocycles. The molecule has 7 nitrogen and oxygen atoms in total. The average molecular weight is 430 g/mol. The summed E-state index contributed by atoms with van der Waals surface area (Å²) in [6.45, 7) is 3.55. The average Bonchev–Trinajstić information content (AvgIpc) is 2.96. The Balaban J connectivity index is 1.76. The SMILES string of the molecule is CN=C1C(CC2=CC=C(Br)C(OCC(C)F)N2)=C(C)NC2NON(C)C12. The predicted octanol–water partition coefficient (Wildman–Crippen LogP) is 1.87. The quantitative estimate of drug-likeness (QED) is 0.619. The lowest BCUT2D eigenvalue weighted by atomic mass is 9.91. The van der Waals surface area contributed by atoms with Crippen molar-refractivity contribution in [2.75, 3.05) is 20.7 Å². The van der Waals surface area contributed by atoms with Gasteiger partial charge >= 0.3 is 0 Å². The lowest BCUT2D eigenvalue weighted by Gasteiger charge is -2.33. The minimum Gasteiger partial charge on any atom is -0.370 e. The summed E-state index contributed by atoms with van der Waals surface area (Å²) in [4.78, 5) is 9.94. The number of hydroxylamine groups is 3. The zero-order valence-electron chi connectivity index (χ0n) is 15.3. The summed E-state index contributed by atoms with van der Waals surface area (Å²) < 4.78 is 19.5. The summed E-state index contributed by atoms with van der Waals surface area (Å²) in [6, 6.07) is -0.00963. The lowest BCUT2D eigenvalue weighted by molar-refractivity contribution is -0.147. The Morgan fingerprint density at radius 1 is 1.42 bits per heavy atom. The van der Waals surface area contributed by atoms with Crippen molar-refractivity contribution < 1.29 is 14.1 Å². The summed E-state index contributed by atoms with van der Waals surface area (Å²) in [5.41, 5.74) is 7.08.